The lowest BCUT2D eigenvalue weighted by molar-refractivity contribution is 1.09. The number of halogens is 1. The minimum absolute atomic E-state index is 0.180. The number of nitrogens with one attached hydrogen (secondary N) is 2. The number of rotatable bonds is 1. The molecule has 3 nitrogen and oxygen atoms in total. The lowest BCUT2D eigenvalue weighted by Crippen LogP contribution is -2.09. The zero-order chi connectivity index (χ0) is 10.8. The Bertz CT molecular complexity index is 585. The maximum Gasteiger partial charge on any atom is 0.259 e. The number of benzene rings is 1. The molecule has 2 aromatic rings. The van der Waals surface area contributed by atoms with Crippen molar-refractivity contribution in [1.82, 2.24) is 9.97 Å². The van der Waals surface area contributed by atoms with Crippen LogP contribution in [0.1, 0.15) is 0 Å². The van der Waals surface area contributed by atoms with Gasteiger partial charge in [0.25, 0.3) is 5.56 Å². The van der Waals surface area contributed by atoms with Crippen molar-refractivity contribution in [3.8, 4) is 11.1 Å². The Balaban J connectivity index is 2.59. The van der Waals surface area contributed by atoms with Crippen molar-refractivity contribution >= 4 is 28.1 Å². The van der Waals surface area contributed by atoms with E-state index in [9.17, 15) is 4.79 Å². The van der Waals surface area contributed by atoms with Gasteiger partial charge in [0.2, 0.25) is 0 Å². The number of aromatic amines is 2. The molecule has 0 saturated heterocycles. The highest BCUT2D eigenvalue weighted by molar-refractivity contribution is 9.10. The average molecular weight is 283 g/mol. The van der Waals surface area contributed by atoms with Crippen LogP contribution in [0.25, 0.3) is 11.1 Å². The molecule has 0 saturated carbocycles. The van der Waals surface area contributed by atoms with Gasteiger partial charge in [0.15, 0.2) is 4.77 Å². The third-order valence-corrected chi connectivity index (χ3v) is 2.72. The molecular formula is C10H7BrN2OS. The first-order chi connectivity index (χ1) is 7.16. The zero-order valence-electron chi connectivity index (χ0n) is 7.58. The normalized spacial score (nSPS) is 10.2. The summed E-state index contributed by atoms with van der Waals surface area (Å²) < 4.78 is 1.31. The van der Waals surface area contributed by atoms with Crippen LogP contribution < -0.4 is 5.56 Å². The topological polar surface area (TPSA) is 48.6 Å². The second kappa shape index (κ2) is 4.12. The van der Waals surface area contributed by atoms with E-state index in [1.165, 1.54) is 0 Å². The van der Waals surface area contributed by atoms with Crippen molar-refractivity contribution in [2.24, 2.45) is 0 Å². The summed E-state index contributed by atoms with van der Waals surface area (Å²) in [4.78, 5) is 16.9. The van der Waals surface area contributed by atoms with Crippen LogP contribution in [-0.4, -0.2) is 9.97 Å². The van der Waals surface area contributed by atoms with E-state index in [1.54, 1.807) is 6.20 Å². The molecule has 0 unspecified atom stereocenters. The maximum atomic E-state index is 11.6. The minimum atomic E-state index is -0.180. The third-order valence-electron chi connectivity index (χ3n) is 1.97. The van der Waals surface area contributed by atoms with Crippen molar-refractivity contribution < 1.29 is 0 Å². The average Bonchev–Trinajstić information content (AvgIpc) is 2.20. The van der Waals surface area contributed by atoms with Crippen molar-refractivity contribution in [3.63, 3.8) is 0 Å². The van der Waals surface area contributed by atoms with Gasteiger partial charge in [0.1, 0.15) is 0 Å². The fourth-order valence-electron chi connectivity index (χ4n) is 1.25. The van der Waals surface area contributed by atoms with Crippen molar-refractivity contribution in [3.05, 3.63) is 50.1 Å². The van der Waals surface area contributed by atoms with Gasteiger partial charge in [-0.1, -0.05) is 28.1 Å². The lowest BCUT2D eigenvalue weighted by Gasteiger charge is -1.99. The number of H-pyrrole nitrogens is 2. The standard InChI is InChI=1S/C10H7BrN2OS/c11-7-3-1-6(2-4-7)8-5-12-10(15)13-9(8)14/h1-5H,(H2,12,13,14,15). The molecule has 0 fully saturated rings. The van der Waals surface area contributed by atoms with Crippen molar-refractivity contribution in [2.75, 3.05) is 0 Å². The Morgan fingerprint density at radius 1 is 1.20 bits per heavy atom. The van der Waals surface area contributed by atoms with Crippen molar-refractivity contribution in [1.29, 1.82) is 0 Å². The Morgan fingerprint density at radius 2 is 1.87 bits per heavy atom. The number of hydrogen-bond acceptors (Lipinski definition) is 2. The summed E-state index contributed by atoms with van der Waals surface area (Å²) in [6.45, 7) is 0. The lowest BCUT2D eigenvalue weighted by atomic mass is 10.1. The highest BCUT2D eigenvalue weighted by atomic mass is 79.9. The Hall–Kier alpha value is -1.20. The smallest absolute Gasteiger partial charge is 0.259 e. The monoisotopic (exact) mass is 282 g/mol. The van der Waals surface area contributed by atoms with Gasteiger partial charge in [0.05, 0.1) is 5.56 Å². The first-order valence-electron chi connectivity index (χ1n) is 4.25. The molecule has 76 valence electrons. The van der Waals surface area contributed by atoms with E-state index in [0.29, 0.717) is 10.3 Å². The summed E-state index contributed by atoms with van der Waals surface area (Å²) in [5.41, 5.74) is 1.25. The summed E-state index contributed by atoms with van der Waals surface area (Å²) in [5.74, 6) is 0. The van der Waals surface area contributed by atoms with Gasteiger partial charge >= 0.3 is 0 Å². The van der Waals surface area contributed by atoms with Crippen LogP contribution in [0.15, 0.2) is 39.7 Å². The molecule has 15 heavy (non-hydrogen) atoms. The molecule has 0 amide bonds. The molecule has 0 radical (unpaired) electrons. The van der Waals surface area contributed by atoms with Gasteiger partial charge in [-0.05, 0) is 29.9 Å². The Morgan fingerprint density at radius 3 is 2.47 bits per heavy atom. The fraction of sp³-hybridized carbons (Fsp3) is 0. The highest BCUT2D eigenvalue weighted by Crippen LogP contribution is 2.17. The first-order valence-corrected chi connectivity index (χ1v) is 5.45. The van der Waals surface area contributed by atoms with Crippen LogP contribution in [0.4, 0.5) is 0 Å². The van der Waals surface area contributed by atoms with E-state index in [-0.39, 0.29) is 5.56 Å². The second-order valence-corrected chi connectivity index (χ2v) is 4.32. The van der Waals surface area contributed by atoms with Crippen molar-refractivity contribution in [2.45, 2.75) is 0 Å². The molecule has 0 aliphatic carbocycles. The first kappa shape index (κ1) is 10.3. The van der Waals surface area contributed by atoms with E-state index in [1.807, 2.05) is 24.3 Å². The maximum absolute atomic E-state index is 11.6. The molecule has 0 spiro atoms. The molecule has 1 aromatic heterocycles. The van der Waals surface area contributed by atoms with Gasteiger partial charge in [0, 0.05) is 10.7 Å². The van der Waals surface area contributed by atoms with Crippen LogP contribution in [0.2, 0.25) is 0 Å². The second-order valence-electron chi connectivity index (χ2n) is 2.99. The molecule has 1 heterocycles. The van der Waals surface area contributed by atoms with E-state index in [0.717, 1.165) is 10.0 Å². The third kappa shape index (κ3) is 2.24. The molecule has 0 bridgehead atoms. The van der Waals surface area contributed by atoms with Gasteiger partial charge in [-0.2, -0.15) is 0 Å². The summed E-state index contributed by atoms with van der Waals surface area (Å²) in [7, 11) is 0. The van der Waals surface area contributed by atoms with Crippen LogP contribution >= 0.6 is 28.1 Å². The summed E-state index contributed by atoms with van der Waals surface area (Å²) in [5, 5.41) is 0. The predicted octanol–water partition coefficient (Wildman–Crippen LogP) is 2.86. The van der Waals surface area contributed by atoms with Gasteiger partial charge < -0.3 is 4.98 Å². The number of hydrogen-bond donors (Lipinski definition) is 2. The Labute approximate surface area is 99.3 Å². The molecule has 0 aliphatic rings. The van der Waals surface area contributed by atoms with E-state index in [4.69, 9.17) is 12.2 Å². The molecule has 2 rings (SSSR count). The van der Waals surface area contributed by atoms with Crippen LogP contribution in [0.5, 0.6) is 0 Å². The minimum Gasteiger partial charge on any atom is -0.338 e. The molecule has 1 aromatic carbocycles. The van der Waals surface area contributed by atoms with E-state index < -0.39 is 0 Å². The van der Waals surface area contributed by atoms with Gasteiger partial charge in [-0.3, -0.25) is 9.78 Å². The number of aromatic nitrogens is 2. The van der Waals surface area contributed by atoms with Gasteiger partial charge in [-0.15, -0.1) is 0 Å². The molecular weight excluding hydrogens is 276 g/mol. The Kier molecular flexibility index (Phi) is 2.83. The summed E-state index contributed by atoms with van der Waals surface area (Å²) in [6, 6.07) is 7.50. The van der Waals surface area contributed by atoms with Crippen LogP contribution in [-0.2, 0) is 0 Å². The molecule has 2 N–H and O–H groups in total. The summed E-state index contributed by atoms with van der Waals surface area (Å²) in [6.07, 6.45) is 1.62. The highest BCUT2D eigenvalue weighted by Gasteiger charge is 2.01. The van der Waals surface area contributed by atoms with Gasteiger partial charge in [-0.25, -0.2) is 0 Å². The van der Waals surface area contributed by atoms with Crippen LogP contribution in [0, 0.1) is 4.77 Å². The molecule has 5 heteroatoms. The molecule has 0 aliphatic heterocycles. The zero-order valence-corrected chi connectivity index (χ0v) is 9.98. The SMILES string of the molecule is O=c1[nH]c(=S)[nH]cc1-c1ccc(Br)cc1. The predicted molar refractivity (Wildman–Crippen MR) is 65.4 cm³/mol. The van der Waals surface area contributed by atoms with Crippen LogP contribution in [0.3, 0.4) is 0 Å². The molecule has 0 atom stereocenters. The quantitative estimate of drug-likeness (QED) is 0.791. The van der Waals surface area contributed by atoms with E-state index >= 15 is 0 Å². The summed E-state index contributed by atoms with van der Waals surface area (Å²) >= 11 is 8.15. The largest absolute Gasteiger partial charge is 0.338 e. The fourth-order valence-corrected chi connectivity index (χ4v) is 1.67. The van der Waals surface area contributed by atoms with E-state index in [2.05, 4.69) is 25.9 Å².